The van der Waals surface area contributed by atoms with Crippen molar-refractivity contribution in [2.24, 2.45) is 28.2 Å². The number of aryl methyl sites for hydroxylation is 20. The van der Waals surface area contributed by atoms with E-state index < -0.39 is 0 Å². The number of pyridine rings is 4. The SMILES string of the molecule is Cc1cc(C)c(-c2cc[n+](C)c(-c3cc(-c4ccccc4C)ccc3C)c2)c(C)c1.Cc1ccc(-c2cc[n+](C)c(-c3cc(-c4ccccc4C)ccc3C)c2)c(C)c1.Cc1ccccc1-c1ccc(C)c(-c2cc(-c3c(C)cccc3C)cc[n+]2C)c1.Cc1ccccc1-c1ccc(C)c(-c2cc(-c3ccccc3)c(C)c[n+]2C)c1. The summed E-state index contributed by atoms with van der Waals surface area (Å²) in [4.78, 5) is 0. The molecule has 12 aromatic carbocycles. The van der Waals surface area contributed by atoms with Crippen molar-refractivity contribution in [3.63, 3.8) is 0 Å². The van der Waals surface area contributed by atoms with E-state index in [9.17, 15) is 0 Å². The number of hydrogen-bond acceptors (Lipinski definition) is 0. The topological polar surface area (TPSA) is 15.5 Å². The molecule has 0 fully saturated rings. The fourth-order valence-corrected chi connectivity index (χ4v) is 16.9. The molecule has 0 saturated carbocycles. The van der Waals surface area contributed by atoms with Crippen LogP contribution in [0.25, 0.3) is 134 Å². The van der Waals surface area contributed by atoms with E-state index in [0.29, 0.717) is 0 Å². The van der Waals surface area contributed by atoms with Gasteiger partial charge in [0.25, 0.3) is 0 Å². The Balaban J connectivity index is 0.000000135. The van der Waals surface area contributed by atoms with Gasteiger partial charge in [0.1, 0.15) is 28.2 Å². The number of benzene rings is 12. The zero-order chi connectivity index (χ0) is 82.2. The number of rotatable bonds is 12. The Morgan fingerprint density at radius 3 is 0.819 bits per heavy atom. The van der Waals surface area contributed by atoms with Crippen LogP contribution in [-0.4, -0.2) is 0 Å². The van der Waals surface area contributed by atoms with Gasteiger partial charge in [0.15, 0.2) is 24.8 Å². The largest absolute Gasteiger partial charge is 0.213 e. The molecule has 4 nitrogen and oxygen atoms in total. The molecule has 16 rings (SSSR count). The third-order valence-electron chi connectivity index (χ3n) is 23.3. The van der Waals surface area contributed by atoms with Crippen molar-refractivity contribution >= 4 is 0 Å². The second-order valence-electron chi connectivity index (χ2n) is 32.2. The summed E-state index contributed by atoms with van der Waals surface area (Å²) >= 11 is 0. The smallest absolute Gasteiger partial charge is 0.201 e. The molecular weight excluding hydrogens is 1400 g/mol. The maximum Gasteiger partial charge on any atom is 0.213 e. The molecule has 0 aliphatic rings. The van der Waals surface area contributed by atoms with Gasteiger partial charge in [-0.25, -0.2) is 18.3 Å². The molecule has 0 atom stereocenters. The Bertz CT molecular complexity index is 6280. The Morgan fingerprint density at radius 1 is 0.155 bits per heavy atom. The van der Waals surface area contributed by atoms with Crippen LogP contribution in [0, 0.1) is 111 Å². The Morgan fingerprint density at radius 2 is 0.448 bits per heavy atom. The lowest BCUT2D eigenvalue weighted by Gasteiger charge is -2.14. The van der Waals surface area contributed by atoms with E-state index in [4.69, 9.17) is 0 Å². The van der Waals surface area contributed by atoms with Crippen molar-refractivity contribution < 1.29 is 18.3 Å². The van der Waals surface area contributed by atoms with E-state index in [1.807, 2.05) is 0 Å². The summed E-state index contributed by atoms with van der Waals surface area (Å²) in [6.45, 7) is 35.0. The van der Waals surface area contributed by atoms with Crippen LogP contribution in [0.4, 0.5) is 0 Å². The second-order valence-corrected chi connectivity index (χ2v) is 32.2. The maximum atomic E-state index is 2.34. The van der Waals surface area contributed by atoms with E-state index in [-0.39, 0.29) is 0 Å². The predicted molar refractivity (Wildman–Crippen MR) is 491 cm³/mol. The lowest BCUT2D eigenvalue weighted by atomic mass is 9.91. The van der Waals surface area contributed by atoms with Crippen molar-refractivity contribution in [1.29, 1.82) is 0 Å². The first-order valence-corrected chi connectivity index (χ1v) is 40.7. The van der Waals surface area contributed by atoms with Gasteiger partial charge in [-0.05, 0) is 296 Å². The Labute approximate surface area is 691 Å². The van der Waals surface area contributed by atoms with Crippen LogP contribution in [0.15, 0.2) is 316 Å². The lowest BCUT2D eigenvalue weighted by molar-refractivity contribution is -0.660. The van der Waals surface area contributed by atoms with E-state index >= 15 is 0 Å². The maximum absolute atomic E-state index is 2.34. The molecule has 0 N–H and O–H groups in total. The lowest BCUT2D eigenvalue weighted by Crippen LogP contribution is -2.31. The Hall–Kier alpha value is -12.8. The highest BCUT2D eigenvalue weighted by molar-refractivity contribution is 5.83. The number of nitrogens with zero attached hydrogens (tertiary/aromatic N) is 4. The molecule has 4 aromatic heterocycles. The molecule has 0 saturated heterocycles. The predicted octanol–water partition coefficient (Wildman–Crippen LogP) is 27.0. The van der Waals surface area contributed by atoms with Crippen LogP contribution < -0.4 is 18.3 Å². The summed E-state index contributed by atoms with van der Waals surface area (Å²) in [6.07, 6.45) is 8.76. The minimum absolute atomic E-state index is 1.23. The van der Waals surface area contributed by atoms with Crippen molar-refractivity contribution in [3.05, 3.63) is 405 Å². The van der Waals surface area contributed by atoms with Gasteiger partial charge in [0.05, 0.1) is 0 Å². The van der Waals surface area contributed by atoms with Crippen LogP contribution in [-0.2, 0) is 28.2 Å². The molecule has 16 aromatic rings. The highest BCUT2D eigenvalue weighted by Gasteiger charge is 2.23. The van der Waals surface area contributed by atoms with Gasteiger partial charge in [0, 0.05) is 70.3 Å². The number of aromatic nitrogens is 4. The molecule has 0 spiro atoms. The van der Waals surface area contributed by atoms with Crippen molar-refractivity contribution in [1.82, 2.24) is 0 Å². The molecule has 0 aliphatic carbocycles. The Kier molecular flexibility index (Phi) is 25.0. The highest BCUT2D eigenvalue weighted by Crippen LogP contribution is 2.39. The summed E-state index contributed by atoms with van der Waals surface area (Å²) in [5.74, 6) is 0. The molecule has 0 amide bonds. The molecule has 0 radical (unpaired) electrons. The summed E-state index contributed by atoms with van der Waals surface area (Å²) in [5, 5.41) is 0. The first-order chi connectivity index (χ1) is 55.8. The average Bonchev–Trinajstić information content (AvgIpc) is 0.795. The standard InChI is InChI=1S/C29H30N.2C28H28N.C27H26N/c1-19-15-22(4)29(23(5)16-19)25-13-14-30(6)28(18-25)27-17-24(12-11-21(27)3)26-10-8-7-9-20(26)2;1-19-9-6-7-12-25(19)23-14-13-20(2)26(17-23)27-18-24(15-16-29(27)5)28-21(3)10-8-11-22(28)4;1-19-10-13-26(22(4)16-19)24-14-15-29(5)28(18-24)27-17-23(12-11-21(27)3)25-9-7-6-8-20(25)2;1-19-10-8-9-13-24(19)23-15-14-20(2)26(16-23)27-17-25(21(3)18-28(27)4)22-11-6-5-7-12-22/h7-18H,1-6H3;2*6-18H,1-5H3;5-18H,1-4H3/q4*+1. The first-order valence-electron chi connectivity index (χ1n) is 40.7. The molecular formula is C112H112N4+4. The fraction of sp³-hybridized carbons (Fsp3) is 0.179. The quantitative estimate of drug-likeness (QED) is 0.108. The van der Waals surface area contributed by atoms with E-state index in [2.05, 4.69) is 473 Å². The van der Waals surface area contributed by atoms with Crippen molar-refractivity contribution in [2.75, 3.05) is 0 Å². The molecule has 4 heteroatoms. The van der Waals surface area contributed by atoms with Gasteiger partial charge in [-0.3, -0.25) is 0 Å². The van der Waals surface area contributed by atoms with Gasteiger partial charge in [-0.1, -0.05) is 236 Å². The minimum Gasteiger partial charge on any atom is -0.201 e. The molecule has 0 unspecified atom stereocenters. The van der Waals surface area contributed by atoms with Gasteiger partial charge >= 0.3 is 0 Å². The zero-order valence-corrected chi connectivity index (χ0v) is 71.8. The minimum atomic E-state index is 1.23. The summed E-state index contributed by atoms with van der Waals surface area (Å²) in [7, 11) is 8.52. The van der Waals surface area contributed by atoms with Gasteiger partial charge in [-0.15, -0.1) is 0 Å². The van der Waals surface area contributed by atoms with E-state index in [0.717, 1.165) is 0 Å². The third-order valence-corrected chi connectivity index (χ3v) is 23.3. The van der Waals surface area contributed by atoms with Crippen LogP contribution >= 0.6 is 0 Å². The molecule has 576 valence electrons. The molecule has 4 heterocycles. The summed E-state index contributed by atoms with van der Waals surface area (Å²) < 4.78 is 8.91. The first kappa shape index (κ1) is 81.3. The third kappa shape index (κ3) is 18.1. The molecule has 0 bridgehead atoms. The van der Waals surface area contributed by atoms with Gasteiger partial charge < -0.3 is 0 Å². The number of hydrogen-bond donors (Lipinski definition) is 0. The van der Waals surface area contributed by atoms with E-state index in [1.54, 1.807) is 0 Å². The van der Waals surface area contributed by atoms with Gasteiger partial charge in [0.2, 0.25) is 22.8 Å². The fourth-order valence-electron chi connectivity index (χ4n) is 16.9. The highest BCUT2D eigenvalue weighted by atomic mass is 14.9. The summed E-state index contributed by atoms with van der Waals surface area (Å²) in [6, 6.07) is 106. The molecule has 116 heavy (non-hydrogen) atoms. The van der Waals surface area contributed by atoms with Crippen LogP contribution in [0.2, 0.25) is 0 Å². The van der Waals surface area contributed by atoms with Crippen LogP contribution in [0.5, 0.6) is 0 Å². The van der Waals surface area contributed by atoms with Crippen molar-refractivity contribution in [3.8, 4) is 134 Å². The van der Waals surface area contributed by atoms with Gasteiger partial charge in [-0.2, -0.15) is 0 Å². The average molecular weight is 1510 g/mol. The summed E-state index contributed by atoms with van der Waals surface area (Å²) in [5.41, 5.74) is 51.5. The normalized spacial score (nSPS) is 10.9. The van der Waals surface area contributed by atoms with Crippen LogP contribution in [0.3, 0.4) is 0 Å². The molecule has 0 aliphatic heterocycles. The van der Waals surface area contributed by atoms with Crippen LogP contribution in [0.1, 0.15) is 89.0 Å². The van der Waals surface area contributed by atoms with Crippen molar-refractivity contribution in [2.45, 2.75) is 111 Å². The zero-order valence-electron chi connectivity index (χ0n) is 71.8. The monoisotopic (exact) mass is 1510 g/mol. The van der Waals surface area contributed by atoms with E-state index in [1.165, 1.54) is 223 Å². The second kappa shape index (κ2) is 35.7.